The van der Waals surface area contributed by atoms with Gasteiger partial charge in [0.15, 0.2) is 9.84 Å². The first kappa shape index (κ1) is 19.6. The molecule has 29 heavy (non-hydrogen) atoms. The zero-order valence-corrected chi connectivity index (χ0v) is 17.3. The molecule has 8 nitrogen and oxygen atoms in total. The van der Waals surface area contributed by atoms with Crippen LogP contribution in [0.2, 0.25) is 0 Å². The minimum atomic E-state index is -3.22. The maximum atomic E-state index is 12.2. The second-order valence-corrected chi connectivity index (χ2v) is 9.90. The number of H-pyrrole nitrogens is 1. The van der Waals surface area contributed by atoms with E-state index in [-0.39, 0.29) is 17.4 Å². The van der Waals surface area contributed by atoms with Crippen molar-refractivity contribution in [2.24, 2.45) is 0 Å². The molecule has 0 amide bonds. The smallest absolute Gasteiger partial charge is 0.288 e. The van der Waals surface area contributed by atoms with E-state index in [0.29, 0.717) is 28.2 Å². The van der Waals surface area contributed by atoms with Gasteiger partial charge in [0.25, 0.3) is 5.56 Å². The Morgan fingerprint density at radius 3 is 2.72 bits per heavy atom. The molecule has 9 heteroatoms. The molecule has 0 saturated heterocycles. The maximum Gasteiger partial charge on any atom is 0.288 e. The van der Waals surface area contributed by atoms with E-state index < -0.39 is 9.84 Å². The standard InChI is InChI=1S/C20H24N4O4S/c1-13-8-17(24-12-22-23-19(25)18(13)24)16-9-14(11-29(2,26)27)10-21-20(16)28-15-6-4-3-5-7-15/h8-10,12,15H,3-7,11H2,1-2H3,(H,23,25). The van der Waals surface area contributed by atoms with Crippen LogP contribution in [-0.4, -0.2) is 40.4 Å². The van der Waals surface area contributed by atoms with Crippen LogP contribution in [0.4, 0.5) is 0 Å². The van der Waals surface area contributed by atoms with Crippen molar-refractivity contribution in [1.82, 2.24) is 19.6 Å². The Hall–Kier alpha value is -2.68. The van der Waals surface area contributed by atoms with Crippen LogP contribution in [0.3, 0.4) is 0 Å². The summed E-state index contributed by atoms with van der Waals surface area (Å²) in [6.45, 7) is 1.85. The monoisotopic (exact) mass is 416 g/mol. The number of aryl methyl sites for hydroxylation is 1. The third-order valence-corrected chi connectivity index (χ3v) is 6.08. The first-order valence-corrected chi connectivity index (χ1v) is 11.8. The van der Waals surface area contributed by atoms with Crippen molar-refractivity contribution in [2.45, 2.75) is 50.9 Å². The topological polar surface area (TPSA) is 106 Å². The van der Waals surface area contributed by atoms with Crippen LogP contribution in [0.5, 0.6) is 5.88 Å². The highest BCUT2D eigenvalue weighted by atomic mass is 32.2. The highest BCUT2D eigenvalue weighted by Gasteiger charge is 2.21. The molecule has 0 unspecified atom stereocenters. The van der Waals surface area contributed by atoms with Crippen LogP contribution in [0.25, 0.3) is 16.8 Å². The first-order valence-electron chi connectivity index (χ1n) is 9.71. The van der Waals surface area contributed by atoms with E-state index in [1.807, 2.05) is 13.0 Å². The van der Waals surface area contributed by atoms with Gasteiger partial charge in [-0.05, 0) is 55.9 Å². The highest BCUT2D eigenvalue weighted by molar-refractivity contribution is 7.89. The van der Waals surface area contributed by atoms with Crippen LogP contribution in [0, 0.1) is 6.92 Å². The van der Waals surface area contributed by atoms with Crippen LogP contribution < -0.4 is 10.3 Å². The Morgan fingerprint density at radius 2 is 2.00 bits per heavy atom. The molecule has 0 aliphatic heterocycles. The largest absolute Gasteiger partial charge is 0.474 e. The molecule has 3 heterocycles. The lowest BCUT2D eigenvalue weighted by molar-refractivity contribution is 0.149. The maximum absolute atomic E-state index is 12.2. The normalized spacial score (nSPS) is 15.7. The zero-order chi connectivity index (χ0) is 20.6. The lowest BCUT2D eigenvalue weighted by Gasteiger charge is -2.23. The van der Waals surface area contributed by atoms with Crippen LogP contribution in [-0.2, 0) is 15.6 Å². The number of fused-ring (bicyclic) bond motifs is 1. The van der Waals surface area contributed by atoms with Gasteiger partial charge in [0, 0.05) is 12.5 Å². The van der Waals surface area contributed by atoms with Crippen molar-refractivity contribution in [2.75, 3.05) is 6.26 Å². The van der Waals surface area contributed by atoms with E-state index in [0.717, 1.165) is 31.2 Å². The van der Waals surface area contributed by atoms with Crippen molar-refractivity contribution >= 4 is 15.4 Å². The van der Waals surface area contributed by atoms with Crippen molar-refractivity contribution in [3.8, 4) is 17.1 Å². The highest BCUT2D eigenvalue weighted by Crippen LogP contribution is 2.34. The van der Waals surface area contributed by atoms with Crippen molar-refractivity contribution in [1.29, 1.82) is 0 Å². The van der Waals surface area contributed by atoms with Gasteiger partial charge in [-0.15, -0.1) is 0 Å². The summed E-state index contributed by atoms with van der Waals surface area (Å²) in [5.41, 5.74) is 2.93. The van der Waals surface area contributed by atoms with Gasteiger partial charge >= 0.3 is 0 Å². The number of sulfone groups is 1. The van der Waals surface area contributed by atoms with Crippen LogP contribution >= 0.6 is 0 Å². The second-order valence-electron chi connectivity index (χ2n) is 7.76. The van der Waals surface area contributed by atoms with Gasteiger partial charge < -0.3 is 4.74 Å². The SMILES string of the molecule is Cc1cc(-c2cc(CS(C)(=O)=O)cnc2OC2CCCCC2)n2cn[nH]c(=O)c12. The lowest BCUT2D eigenvalue weighted by atomic mass is 9.98. The molecular formula is C20H24N4O4S. The average molecular weight is 417 g/mol. The van der Waals surface area contributed by atoms with E-state index in [1.54, 1.807) is 16.7 Å². The van der Waals surface area contributed by atoms with E-state index in [9.17, 15) is 13.2 Å². The molecule has 1 aliphatic carbocycles. The summed E-state index contributed by atoms with van der Waals surface area (Å²) in [7, 11) is -3.22. The molecule has 3 aromatic heterocycles. The third kappa shape index (κ3) is 4.19. The number of rotatable bonds is 5. The summed E-state index contributed by atoms with van der Waals surface area (Å²) in [5, 5.41) is 6.36. The molecule has 4 rings (SSSR count). The third-order valence-electron chi connectivity index (χ3n) is 5.22. The van der Waals surface area contributed by atoms with E-state index in [1.165, 1.54) is 19.0 Å². The van der Waals surface area contributed by atoms with Crippen LogP contribution in [0.1, 0.15) is 43.2 Å². The molecule has 154 valence electrons. The molecule has 3 aromatic rings. The Labute approximate surface area is 168 Å². The number of hydrogen-bond acceptors (Lipinski definition) is 6. The summed E-state index contributed by atoms with van der Waals surface area (Å²) in [4.78, 5) is 16.7. The molecule has 1 N–H and O–H groups in total. The summed E-state index contributed by atoms with van der Waals surface area (Å²) in [5.74, 6) is 0.339. The molecule has 0 bridgehead atoms. The first-order chi connectivity index (χ1) is 13.8. The predicted molar refractivity (Wildman–Crippen MR) is 110 cm³/mol. The number of aromatic amines is 1. The molecular weight excluding hydrogens is 392 g/mol. The summed E-state index contributed by atoms with van der Waals surface area (Å²) < 4.78 is 31.5. The van der Waals surface area contributed by atoms with Gasteiger partial charge in [-0.1, -0.05) is 6.42 Å². The molecule has 0 radical (unpaired) electrons. The lowest BCUT2D eigenvalue weighted by Crippen LogP contribution is -2.20. The molecule has 0 atom stereocenters. The molecule has 0 spiro atoms. The van der Waals surface area contributed by atoms with Gasteiger partial charge in [-0.25, -0.2) is 18.5 Å². The van der Waals surface area contributed by atoms with Crippen molar-refractivity contribution in [3.05, 3.63) is 46.1 Å². The van der Waals surface area contributed by atoms with E-state index >= 15 is 0 Å². The molecule has 1 saturated carbocycles. The van der Waals surface area contributed by atoms with Gasteiger partial charge in [-0.2, -0.15) is 5.10 Å². The minimum absolute atomic E-state index is 0.0876. The number of pyridine rings is 1. The number of ether oxygens (including phenoxy) is 1. The second kappa shape index (κ2) is 7.62. The fourth-order valence-corrected chi connectivity index (χ4v) is 4.73. The van der Waals surface area contributed by atoms with Gasteiger partial charge in [-0.3, -0.25) is 9.20 Å². The van der Waals surface area contributed by atoms with E-state index in [2.05, 4.69) is 15.2 Å². The molecule has 1 aliphatic rings. The average Bonchev–Trinajstić information content (AvgIpc) is 3.00. The number of nitrogens with zero attached hydrogens (tertiary/aromatic N) is 3. The number of nitrogens with one attached hydrogen (secondary N) is 1. The number of hydrogen-bond donors (Lipinski definition) is 1. The predicted octanol–water partition coefficient (Wildman–Crippen LogP) is 2.65. The number of aromatic nitrogens is 4. The van der Waals surface area contributed by atoms with Gasteiger partial charge in [0.05, 0.1) is 17.0 Å². The summed E-state index contributed by atoms with van der Waals surface area (Å²) in [6, 6.07) is 3.66. The Balaban J connectivity index is 1.85. The summed E-state index contributed by atoms with van der Waals surface area (Å²) >= 11 is 0. The Bertz CT molecular complexity index is 1210. The fourth-order valence-electron chi connectivity index (χ4n) is 3.96. The van der Waals surface area contributed by atoms with Crippen LogP contribution in [0.15, 0.2) is 29.5 Å². The van der Waals surface area contributed by atoms with Crippen molar-refractivity contribution < 1.29 is 13.2 Å². The van der Waals surface area contributed by atoms with Gasteiger partial charge in [0.2, 0.25) is 5.88 Å². The molecule has 0 aromatic carbocycles. The quantitative estimate of drug-likeness (QED) is 0.685. The Kier molecular flexibility index (Phi) is 5.16. The Morgan fingerprint density at radius 1 is 1.24 bits per heavy atom. The van der Waals surface area contributed by atoms with Crippen molar-refractivity contribution in [3.63, 3.8) is 0 Å². The zero-order valence-electron chi connectivity index (χ0n) is 16.5. The fraction of sp³-hybridized carbons (Fsp3) is 0.450. The van der Waals surface area contributed by atoms with E-state index in [4.69, 9.17) is 4.74 Å². The minimum Gasteiger partial charge on any atom is -0.474 e. The summed E-state index contributed by atoms with van der Waals surface area (Å²) in [6.07, 6.45) is 9.78. The molecule has 1 fully saturated rings. The van der Waals surface area contributed by atoms with Gasteiger partial charge in [0.1, 0.15) is 17.9 Å².